The summed E-state index contributed by atoms with van der Waals surface area (Å²) in [4.78, 5) is 24.2. The Bertz CT molecular complexity index is 1410. The Hall–Kier alpha value is -2.81. The molecule has 212 valence electrons. The summed E-state index contributed by atoms with van der Waals surface area (Å²) in [5.74, 6) is 1.08. The Kier molecular flexibility index (Phi) is 8.06. The van der Waals surface area contributed by atoms with Gasteiger partial charge in [-0.2, -0.15) is 0 Å². The van der Waals surface area contributed by atoms with Gasteiger partial charge in [0.25, 0.3) is 0 Å². The maximum atomic E-state index is 12.5. The number of rotatable bonds is 8. The maximum absolute atomic E-state index is 12.5. The summed E-state index contributed by atoms with van der Waals surface area (Å²) in [7, 11) is 0. The van der Waals surface area contributed by atoms with Crippen LogP contribution in [0.4, 0.5) is 17.3 Å². The van der Waals surface area contributed by atoms with Crippen LogP contribution < -0.4 is 10.6 Å². The summed E-state index contributed by atoms with van der Waals surface area (Å²) < 4.78 is 0.874. The van der Waals surface area contributed by atoms with Crippen molar-refractivity contribution in [1.82, 2.24) is 14.9 Å². The number of carbonyl (C=O) groups is 1. The number of carbonyl (C=O) groups excluding carboxylic acids is 1. The van der Waals surface area contributed by atoms with Crippen molar-refractivity contribution in [3.63, 3.8) is 0 Å². The molecule has 3 N–H and O–H groups in total. The number of benzene rings is 2. The van der Waals surface area contributed by atoms with Crippen molar-refractivity contribution in [3.8, 4) is 0 Å². The van der Waals surface area contributed by atoms with Crippen LogP contribution in [0.15, 0.2) is 47.1 Å². The normalized spacial score (nSPS) is 18.9. The number of fused-ring (bicyclic) bond motifs is 1. The molecule has 0 spiro atoms. The highest BCUT2D eigenvalue weighted by Crippen LogP contribution is 2.40. The summed E-state index contributed by atoms with van der Waals surface area (Å²) in [6, 6.07) is 12.7. The summed E-state index contributed by atoms with van der Waals surface area (Å²) in [5.41, 5.74) is 6.35. The monoisotopic (exact) mass is 605 g/mol. The largest absolute Gasteiger partial charge is 0.389 e. The molecule has 0 saturated carbocycles. The van der Waals surface area contributed by atoms with E-state index in [4.69, 9.17) is 4.98 Å². The van der Waals surface area contributed by atoms with Gasteiger partial charge in [0, 0.05) is 30.7 Å². The first-order chi connectivity index (χ1) is 18.9. The van der Waals surface area contributed by atoms with Gasteiger partial charge in [0.15, 0.2) is 0 Å². The lowest BCUT2D eigenvalue weighted by molar-refractivity contribution is -0.119. The number of halogens is 1. The third kappa shape index (κ3) is 6.24. The van der Waals surface area contributed by atoms with Gasteiger partial charge in [0.05, 0.1) is 21.2 Å². The molecule has 5 rings (SSSR count). The Morgan fingerprint density at radius 2 is 2.02 bits per heavy atom. The predicted molar refractivity (Wildman–Crippen MR) is 164 cm³/mol. The molecule has 2 aliphatic heterocycles. The average Bonchev–Trinajstić information content (AvgIpc) is 3.13. The summed E-state index contributed by atoms with van der Waals surface area (Å²) >= 11 is 3.64. The van der Waals surface area contributed by atoms with E-state index >= 15 is 0 Å². The number of likely N-dealkylation sites (tertiary alicyclic amines) is 1. The second-order valence-corrected chi connectivity index (χ2v) is 13.3. The fourth-order valence-electron chi connectivity index (χ4n) is 6.15. The van der Waals surface area contributed by atoms with Crippen LogP contribution in [0.3, 0.4) is 0 Å². The van der Waals surface area contributed by atoms with E-state index in [1.165, 1.54) is 12.0 Å². The van der Waals surface area contributed by atoms with Crippen LogP contribution in [-0.2, 0) is 23.1 Å². The third-order valence-electron chi connectivity index (χ3n) is 8.12. The molecule has 40 heavy (non-hydrogen) atoms. The Morgan fingerprint density at radius 3 is 2.77 bits per heavy atom. The smallest absolute Gasteiger partial charge is 0.234 e. The highest BCUT2D eigenvalue weighted by molar-refractivity contribution is 9.10. The number of amides is 1. The molecule has 7 nitrogen and oxygen atoms in total. The zero-order chi connectivity index (χ0) is 28.7. The molecule has 3 aromatic rings. The summed E-state index contributed by atoms with van der Waals surface area (Å²) in [6.45, 7) is 12.6. The van der Waals surface area contributed by atoms with Crippen molar-refractivity contribution in [1.29, 1.82) is 0 Å². The van der Waals surface area contributed by atoms with Crippen LogP contribution in [0.2, 0.25) is 0 Å². The van der Waals surface area contributed by atoms with Crippen LogP contribution >= 0.6 is 15.9 Å². The fraction of sp³-hybridized carbons (Fsp3) is 0.469. The topological polar surface area (TPSA) is 90.4 Å². The van der Waals surface area contributed by atoms with Crippen LogP contribution in [-0.4, -0.2) is 51.1 Å². The number of nitrogens with one attached hydrogen (secondary N) is 2. The molecule has 8 heteroatoms. The Balaban J connectivity index is 1.28. The molecule has 2 aromatic carbocycles. The summed E-state index contributed by atoms with van der Waals surface area (Å²) in [6.07, 6.45) is 5.61. The molecule has 0 bridgehead atoms. The first kappa shape index (κ1) is 28.7. The molecule has 0 radical (unpaired) electrons. The number of aryl methyl sites for hydroxylation is 3. The lowest BCUT2D eigenvalue weighted by Gasteiger charge is -2.36. The SMILES string of the molecule is Cc1cc([C@@H]2CCCN(CC(C)(C)O)C2)ccc1Nc1ncc(Br)c(CCc2cccc3c2C(C)(C)C(=O)N3)n1. The first-order valence-electron chi connectivity index (χ1n) is 14.2. The second-order valence-electron chi connectivity index (χ2n) is 12.5. The average molecular weight is 607 g/mol. The standard InChI is InChI=1S/C32H40BrN5O2/c1-20-16-22(23-9-7-15-38(18-23)19-31(2,3)40)12-13-25(20)36-30-34-17-24(33)26(37-30)14-11-21-8-6-10-27-28(21)32(4,5)29(39)35-27/h6,8,10,12-13,16-17,23,40H,7,9,11,14-15,18-19H2,1-5H3,(H,35,39)(H,34,36,37)/t23-/m1/s1. The number of aromatic nitrogens is 2. The van der Waals surface area contributed by atoms with E-state index in [9.17, 15) is 9.90 Å². The van der Waals surface area contributed by atoms with E-state index in [2.05, 4.69) is 67.6 Å². The van der Waals surface area contributed by atoms with Gasteiger partial charge in [0.2, 0.25) is 11.9 Å². The molecule has 1 aromatic heterocycles. The molecular formula is C32H40BrN5O2. The molecule has 0 unspecified atom stereocenters. The van der Waals surface area contributed by atoms with Gasteiger partial charge >= 0.3 is 0 Å². The molecule has 1 fully saturated rings. The van der Waals surface area contributed by atoms with Crippen LogP contribution in [0.25, 0.3) is 0 Å². The van der Waals surface area contributed by atoms with Gasteiger partial charge in [-0.25, -0.2) is 9.97 Å². The summed E-state index contributed by atoms with van der Waals surface area (Å²) in [5, 5.41) is 16.7. The minimum atomic E-state index is -0.678. The number of hydrogen-bond acceptors (Lipinski definition) is 6. The zero-order valence-corrected chi connectivity index (χ0v) is 25.7. The molecule has 1 amide bonds. The van der Waals surface area contributed by atoms with Crippen molar-refractivity contribution in [2.24, 2.45) is 0 Å². The van der Waals surface area contributed by atoms with Crippen LogP contribution in [0, 0.1) is 6.92 Å². The quantitative estimate of drug-likeness (QED) is 0.281. The van der Waals surface area contributed by atoms with E-state index in [-0.39, 0.29) is 5.91 Å². The van der Waals surface area contributed by atoms with Crippen molar-refractivity contribution < 1.29 is 9.90 Å². The number of anilines is 3. The van der Waals surface area contributed by atoms with Gasteiger partial charge in [-0.05, 0) is 123 Å². The molecule has 0 aliphatic carbocycles. The minimum Gasteiger partial charge on any atom is -0.389 e. The third-order valence-corrected chi connectivity index (χ3v) is 8.79. The van der Waals surface area contributed by atoms with E-state index in [1.807, 2.05) is 39.8 Å². The van der Waals surface area contributed by atoms with Gasteiger partial charge < -0.3 is 15.7 Å². The van der Waals surface area contributed by atoms with Crippen molar-refractivity contribution in [2.45, 2.75) is 77.2 Å². The number of piperidine rings is 1. The van der Waals surface area contributed by atoms with Gasteiger partial charge in [-0.15, -0.1) is 0 Å². The molecule has 2 aliphatic rings. The van der Waals surface area contributed by atoms with Crippen LogP contribution in [0.1, 0.15) is 74.4 Å². The predicted octanol–water partition coefficient (Wildman–Crippen LogP) is 6.26. The number of nitrogens with zero attached hydrogens (tertiary/aromatic N) is 3. The van der Waals surface area contributed by atoms with Gasteiger partial charge in [-0.1, -0.05) is 24.3 Å². The highest BCUT2D eigenvalue weighted by atomic mass is 79.9. The fourth-order valence-corrected chi connectivity index (χ4v) is 6.54. The van der Waals surface area contributed by atoms with Crippen molar-refractivity contribution >= 4 is 39.2 Å². The lowest BCUT2D eigenvalue weighted by atomic mass is 9.82. The minimum absolute atomic E-state index is 0.0426. The van der Waals surface area contributed by atoms with Crippen molar-refractivity contribution in [2.75, 3.05) is 30.3 Å². The molecular weight excluding hydrogens is 566 g/mol. The first-order valence-corrected chi connectivity index (χ1v) is 15.0. The zero-order valence-electron chi connectivity index (χ0n) is 24.1. The van der Waals surface area contributed by atoms with Gasteiger partial charge in [0.1, 0.15) is 0 Å². The number of hydrogen-bond donors (Lipinski definition) is 3. The maximum Gasteiger partial charge on any atom is 0.234 e. The van der Waals surface area contributed by atoms with E-state index in [0.717, 1.165) is 70.6 Å². The van der Waals surface area contributed by atoms with Crippen LogP contribution in [0.5, 0.6) is 0 Å². The van der Waals surface area contributed by atoms with Crippen molar-refractivity contribution in [3.05, 3.63) is 75.0 Å². The van der Waals surface area contributed by atoms with Gasteiger partial charge in [-0.3, -0.25) is 9.69 Å². The Morgan fingerprint density at radius 1 is 1.23 bits per heavy atom. The number of aliphatic hydroxyl groups is 1. The molecule has 3 heterocycles. The van der Waals surface area contributed by atoms with E-state index < -0.39 is 11.0 Å². The highest BCUT2D eigenvalue weighted by Gasteiger charge is 2.39. The van der Waals surface area contributed by atoms with E-state index in [1.54, 1.807) is 6.20 Å². The lowest BCUT2D eigenvalue weighted by Crippen LogP contribution is -2.43. The number of β-amino-alcohol motifs (C(OH)–C–C–N with tert-alkyl or cyclic N) is 1. The Labute approximate surface area is 245 Å². The molecule has 1 atom stereocenters. The second kappa shape index (κ2) is 11.2. The van der Waals surface area contributed by atoms with E-state index in [0.29, 0.717) is 18.4 Å². The molecule has 1 saturated heterocycles.